The van der Waals surface area contributed by atoms with Crippen molar-refractivity contribution in [2.45, 2.75) is 30.6 Å². The van der Waals surface area contributed by atoms with Crippen molar-refractivity contribution in [2.75, 3.05) is 27.2 Å². The molecule has 142 valence electrons. The van der Waals surface area contributed by atoms with E-state index in [9.17, 15) is 13.2 Å². The minimum absolute atomic E-state index is 0.0813. The zero-order valence-electron chi connectivity index (χ0n) is 15.4. The normalized spacial score (nSPS) is 16.8. The van der Waals surface area contributed by atoms with E-state index in [2.05, 4.69) is 15.3 Å². The maximum Gasteiger partial charge on any atom is 0.256 e. The average Bonchev–Trinajstić information content (AvgIpc) is 3.22. The maximum atomic E-state index is 12.9. The molecule has 0 aliphatic carbocycles. The Labute approximate surface area is 153 Å². The fraction of sp³-hybridized carbons (Fsp3) is 0.562. The van der Waals surface area contributed by atoms with E-state index in [0.717, 1.165) is 5.69 Å². The molecule has 1 amide bonds. The number of amides is 1. The topological polar surface area (TPSA) is 104 Å². The lowest BCUT2D eigenvalue weighted by Gasteiger charge is -2.31. The molecule has 9 nitrogen and oxygen atoms in total. The highest BCUT2D eigenvalue weighted by molar-refractivity contribution is 7.89. The monoisotopic (exact) mass is 380 g/mol. The van der Waals surface area contributed by atoms with Gasteiger partial charge in [-0.2, -0.15) is 14.5 Å². The van der Waals surface area contributed by atoms with Gasteiger partial charge in [-0.25, -0.2) is 8.42 Å². The number of H-pyrrole nitrogens is 1. The lowest BCUT2D eigenvalue weighted by molar-refractivity contribution is 0.0825. The van der Waals surface area contributed by atoms with Gasteiger partial charge in [-0.05, 0) is 19.8 Å². The van der Waals surface area contributed by atoms with Crippen LogP contribution in [-0.4, -0.2) is 70.7 Å². The smallest absolute Gasteiger partial charge is 0.256 e. The average molecular weight is 380 g/mol. The van der Waals surface area contributed by atoms with E-state index >= 15 is 0 Å². The third kappa shape index (κ3) is 3.14. The number of aromatic amines is 1. The SMILES string of the molecule is Cc1c(S(=O)(=O)N2CCC(c3[nH]ncc3C(=O)N(C)C)CC2)cnn1C. The summed E-state index contributed by atoms with van der Waals surface area (Å²) in [7, 11) is 1.57. The Morgan fingerprint density at radius 3 is 2.46 bits per heavy atom. The van der Waals surface area contributed by atoms with Gasteiger partial charge in [0.25, 0.3) is 5.91 Å². The molecule has 0 saturated carbocycles. The first-order valence-electron chi connectivity index (χ1n) is 8.47. The molecule has 26 heavy (non-hydrogen) atoms. The van der Waals surface area contributed by atoms with Gasteiger partial charge in [0.05, 0.1) is 29.3 Å². The van der Waals surface area contributed by atoms with Crippen LogP contribution in [0.1, 0.15) is 40.5 Å². The minimum Gasteiger partial charge on any atom is -0.345 e. The number of aryl methyl sites for hydroxylation is 1. The molecule has 1 saturated heterocycles. The predicted molar refractivity (Wildman–Crippen MR) is 95.3 cm³/mol. The summed E-state index contributed by atoms with van der Waals surface area (Å²) < 4.78 is 28.8. The summed E-state index contributed by atoms with van der Waals surface area (Å²) in [6.07, 6.45) is 4.21. The zero-order valence-corrected chi connectivity index (χ0v) is 16.2. The van der Waals surface area contributed by atoms with E-state index in [-0.39, 0.29) is 16.7 Å². The van der Waals surface area contributed by atoms with E-state index in [1.807, 2.05) is 0 Å². The first-order valence-corrected chi connectivity index (χ1v) is 9.91. The number of hydrogen-bond donors (Lipinski definition) is 1. The van der Waals surface area contributed by atoms with Crippen molar-refractivity contribution >= 4 is 15.9 Å². The van der Waals surface area contributed by atoms with Crippen molar-refractivity contribution in [3.63, 3.8) is 0 Å². The molecule has 1 N–H and O–H groups in total. The number of rotatable bonds is 4. The van der Waals surface area contributed by atoms with Gasteiger partial charge in [0.2, 0.25) is 10.0 Å². The lowest BCUT2D eigenvalue weighted by Crippen LogP contribution is -2.38. The zero-order chi connectivity index (χ0) is 19.1. The molecule has 0 radical (unpaired) electrons. The highest BCUT2D eigenvalue weighted by atomic mass is 32.2. The van der Waals surface area contributed by atoms with Crippen LogP contribution in [0.3, 0.4) is 0 Å². The molecule has 1 fully saturated rings. The lowest BCUT2D eigenvalue weighted by atomic mass is 9.92. The summed E-state index contributed by atoms with van der Waals surface area (Å²) >= 11 is 0. The third-order valence-corrected chi connectivity index (χ3v) is 6.98. The third-order valence-electron chi connectivity index (χ3n) is 4.98. The number of sulfonamides is 1. The Morgan fingerprint density at radius 1 is 1.27 bits per heavy atom. The number of piperidine rings is 1. The summed E-state index contributed by atoms with van der Waals surface area (Å²) in [6.45, 7) is 2.54. The summed E-state index contributed by atoms with van der Waals surface area (Å²) in [5.74, 6) is -0.0207. The number of hydrogen-bond acceptors (Lipinski definition) is 5. The van der Waals surface area contributed by atoms with Crippen molar-refractivity contribution in [2.24, 2.45) is 7.05 Å². The van der Waals surface area contributed by atoms with E-state index in [1.165, 1.54) is 15.4 Å². The predicted octanol–water partition coefficient (Wildman–Crippen LogP) is 0.722. The van der Waals surface area contributed by atoms with Crippen LogP contribution in [-0.2, 0) is 17.1 Å². The number of carbonyl (C=O) groups excluding carboxylic acids is 1. The highest BCUT2D eigenvalue weighted by Crippen LogP contribution is 2.32. The summed E-state index contributed by atoms with van der Waals surface area (Å²) in [5.41, 5.74) is 1.97. The molecule has 1 aliphatic rings. The molecule has 2 aromatic heterocycles. The second-order valence-electron chi connectivity index (χ2n) is 6.79. The van der Waals surface area contributed by atoms with Crippen LogP contribution in [0.2, 0.25) is 0 Å². The van der Waals surface area contributed by atoms with Gasteiger partial charge in [0.1, 0.15) is 4.90 Å². The quantitative estimate of drug-likeness (QED) is 0.842. The van der Waals surface area contributed by atoms with Gasteiger partial charge in [-0.1, -0.05) is 0 Å². The fourth-order valence-electron chi connectivity index (χ4n) is 3.27. The van der Waals surface area contributed by atoms with E-state index < -0.39 is 10.0 Å². The number of carbonyl (C=O) groups is 1. The number of nitrogens with zero attached hydrogens (tertiary/aromatic N) is 5. The van der Waals surface area contributed by atoms with Gasteiger partial charge in [0.15, 0.2) is 0 Å². The molecule has 3 heterocycles. The van der Waals surface area contributed by atoms with E-state index in [0.29, 0.717) is 37.2 Å². The summed E-state index contributed by atoms with van der Waals surface area (Å²) in [4.78, 5) is 14.0. The van der Waals surface area contributed by atoms with Crippen LogP contribution in [0.25, 0.3) is 0 Å². The molecular weight excluding hydrogens is 356 g/mol. The molecule has 0 atom stereocenters. The van der Waals surface area contributed by atoms with E-state index in [1.54, 1.807) is 38.9 Å². The molecule has 0 bridgehead atoms. The highest BCUT2D eigenvalue weighted by Gasteiger charge is 2.34. The van der Waals surface area contributed by atoms with Gasteiger partial charge in [-0.3, -0.25) is 14.6 Å². The molecular formula is C16H24N6O3S. The molecule has 0 unspecified atom stereocenters. The maximum absolute atomic E-state index is 12.9. The van der Waals surface area contributed by atoms with E-state index in [4.69, 9.17) is 0 Å². The minimum atomic E-state index is -3.56. The number of aromatic nitrogens is 4. The molecule has 3 rings (SSSR count). The second-order valence-corrected chi connectivity index (χ2v) is 8.70. The van der Waals surface area contributed by atoms with Crippen LogP contribution in [0.15, 0.2) is 17.3 Å². The van der Waals surface area contributed by atoms with Crippen molar-refractivity contribution in [1.82, 2.24) is 29.2 Å². The Hall–Kier alpha value is -2.20. The molecule has 10 heteroatoms. The summed E-state index contributed by atoms with van der Waals surface area (Å²) in [5, 5.41) is 11.0. The second kappa shape index (κ2) is 6.84. The van der Waals surface area contributed by atoms with Crippen LogP contribution in [0.4, 0.5) is 0 Å². The van der Waals surface area contributed by atoms with Gasteiger partial charge >= 0.3 is 0 Å². The van der Waals surface area contributed by atoms with Crippen molar-refractivity contribution in [1.29, 1.82) is 0 Å². The number of nitrogens with one attached hydrogen (secondary N) is 1. The van der Waals surface area contributed by atoms with Gasteiger partial charge in [-0.15, -0.1) is 0 Å². The Balaban J connectivity index is 1.75. The van der Waals surface area contributed by atoms with Crippen LogP contribution < -0.4 is 0 Å². The largest absolute Gasteiger partial charge is 0.345 e. The van der Waals surface area contributed by atoms with Crippen molar-refractivity contribution < 1.29 is 13.2 Å². The molecule has 0 aromatic carbocycles. The molecule has 2 aromatic rings. The Kier molecular flexibility index (Phi) is 4.89. The molecule has 1 aliphatic heterocycles. The van der Waals surface area contributed by atoms with Crippen LogP contribution in [0.5, 0.6) is 0 Å². The van der Waals surface area contributed by atoms with Crippen LogP contribution >= 0.6 is 0 Å². The van der Waals surface area contributed by atoms with Gasteiger partial charge in [0, 0.05) is 40.2 Å². The Morgan fingerprint density at radius 2 is 1.92 bits per heavy atom. The van der Waals surface area contributed by atoms with Crippen LogP contribution in [0, 0.1) is 6.92 Å². The standard InChI is InChI=1S/C16H24N6O3S/c1-11-14(10-18-21(11)4)26(24,25)22-7-5-12(6-8-22)15-13(9-17-19-15)16(23)20(2)3/h9-10,12H,5-8H2,1-4H3,(H,17,19). The van der Waals surface area contributed by atoms with Gasteiger partial charge < -0.3 is 4.90 Å². The van der Waals surface area contributed by atoms with Crippen molar-refractivity contribution in [3.05, 3.63) is 29.3 Å². The Bertz CT molecular complexity index is 906. The summed E-state index contributed by atoms with van der Waals surface area (Å²) in [6, 6.07) is 0. The van der Waals surface area contributed by atoms with Crippen molar-refractivity contribution in [3.8, 4) is 0 Å². The first-order chi connectivity index (χ1) is 12.2. The molecule has 0 spiro atoms. The first kappa shape index (κ1) is 18.6. The fourth-order valence-corrected chi connectivity index (χ4v) is 4.93.